The van der Waals surface area contributed by atoms with E-state index in [1.165, 1.54) is 4.90 Å². The van der Waals surface area contributed by atoms with E-state index in [0.29, 0.717) is 11.3 Å². The van der Waals surface area contributed by atoms with Gasteiger partial charge in [-0.3, -0.25) is 4.99 Å². The molecule has 1 aromatic rings. The molecule has 2 rings (SSSR count). The summed E-state index contributed by atoms with van der Waals surface area (Å²) in [5, 5.41) is 7.36. The molecule has 21 heavy (non-hydrogen) atoms. The van der Waals surface area contributed by atoms with Gasteiger partial charge in [-0.25, -0.2) is 0 Å². The van der Waals surface area contributed by atoms with Gasteiger partial charge < -0.3 is 10.6 Å². The second kappa shape index (κ2) is 10.1. The number of nitrogens with one attached hydrogen (secondary N) is 2. The van der Waals surface area contributed by atoms with Gasteiger partial charge >= 0.3 is 0 Å². The van der Waals surface area contributed by atoms with Crippen LogP contribution >= 0.6 is 35.7 Å². The van der Waals surface area contributed by atoms with Crippen LogP contribution in [0.1, 0.15) is 19.8 Å². The first-order chi connectivity index (χ1) is 9.78. The third-order valence-corrected chi connectivity index (χ3v) is 4.32. The topological polar surface area (TPSA) is 36.4 Å². The van der Waals surface area contributed by atoms with Crippen molar-refractivity contribution in [1.29, 1.82) is 0 Å². The first-order valence-electron chi connectivity index (χ1n) is 7.12. The molecule has 116 valence electrons. The van der Waals surface area contributed by atoms with Crippen LogP contribution in [0.3, 0.4) is 0 Å². The lowest BCUT2D eigenvalue weighted by atomic mass is 10.2. The fourth-order valence-electron chi connectivity index (χ4n) is 2.14. The van der Waals surface area contributed by atoms with Crippen molar-refractivity contribution in [3.05, 3.63) is 42.5 Å². The minimum atomic E-state index is 0. The lowest BCUT2D eigenvalue weighted by Gasteiger charge is -2.19. The predicted octanol–water partition coefficient (Wildman–Crippen LogP) is 3.67. The quantitative estimate of drug-likeness (QED) is 0.252. The van der Waals surface area contributed by atoms with Gasteiger partial charge in [0.25, 0.3) is 0 Å². The van der Waals surface area contributed by atoms with Crippen LogP contribution in [-0.2, 0) is 0 Å². The Labute approximate surface area is 149 Å². The average molecular weight is 417 g/mol. The zero-order chi connectivity index (χ0) is 14.2. The fourth-order valence-corrected chi connectivity index (χ4v) is 3.08. The summed E-state index contributed by atoms with van der Waals surface area (Å²) in [6.45, 7) is 3.13. The number of hydrogen-bond acceptors (Lipinski definition) is 2. The Bertz CT molecular complexity index is 454. The molecule has 3 nitrogen and oxygen atoms in total. The van der Waals surface area contributed by atoms with Gasteiger partial charge in [0.15, 0.2) is 5.96 Å². The Morgan fingerprint density at radius 1 is 1.29 bits per heavy atom. The average Bonchev–Trinajstić information content (AvgIpc) is 2.97. The largest absolute Gasteiger partial charge is 0.355 e. The highest BCUT2D eigenvalue weighted by molar-refractivity contribution is 14.0. The number of thioether (sulfide) groups is 1. The van der Waals surface area contributed by atoms with E-state index in [2.05, 4.69) is 59.0 Å². The summed E-state index contributed by atoms with van der Waals surface area (Å²) in [5.74, 6) is 0.902. The molecule has 1 unspecified atom stereocenters. The van der Waals surface area contributed by atoms with Crippen LogP contribution in [0.5, 0.6) is 0 Å². The Morgan fingerprint density at radius 2 is 1.95 bits per heavy atom. The van der Waals surface area contributed by atoms with Crippen LogP contribution in [-0.4, -0.2) is 30.8 Å². The molecule has 0 spiro atoms. The molecular weight excluding hydrogens is 393 g/mol. The smallest absolute Gasteiger partial charge is 0.191 e. The molecule has 0 amide bonds. The molecule has 0 radical (unpaired) electrons. The van der Waals surface area contributed by atoms with E-state index in [1.807, 2.05) is 24.9 Å². The molecule has 1 aliphatic carbocycles. The van der Waals surface area contributed by atoms with Crippen molar-refractivity contribution in [2.45, 2.75) is 36.0 Å². The number of hydrogen-bond donors (Lipinski definition) is 2. The van der Waals surface area contributed by atoms with E-state index in [9.17, 15) is 0 Å². The molecule has 0 fully saturated rings. The highest BCUT2D eigenvalue weighted by Crippen LogP contribution is 2.21. The summed E-state index contributed by atoms with van der Waals surface area (Å²) in [7, 11) is 1.83. The zero-order valence-electron chi connectivity index (χ0n) is 12.6. The van der Waals surface area contributed by atoms with E-state index in [-0.39, 0.29) is 24.0 Å². The van der Waals surface area contributed by atoms with E-state index < -0.39 is 0 Å². The molecule has 0 aliphatic heterocycles. The lowest BCUT2D eigenvalue weighted by molar-refractivity contribution is 0.632. The van der Waals surface area contributed by atoms with E-state index in [0.717, 1.165) is 25.3 Å². The SMILES string of the molecule is CN=C(NCC(C)Sc1ccccc1)NC1CC=CC1.I. The van der Waals surface area contributed by atoms with Crippen molar-refractivity contribution in [3.63, 3.8) is 0 Å². The van der Waals surface area contributed by atoms with Crippen LogP contribution in [0.4, 0.5) is 0 Å². The number of guanidine groups is 1. The number of rotatable bonds is 5. The van der Waals surface area contributed by atoms with Gasteiger partial charge in [-0.2, -0.15) is 0 Å². The van der Waals surface area contributed by atoms with Crippen molar-refractivity contribution in [3.8, 4) is 0 Å². The van der Waals surface area contributed by atoms with Crippen molar-refractivity contribution >= 4 is 41.7 Å². The van der Waals surface area contributed by atoms with E-state index in [4.69, 9.17) is 0 Å². The van der Waals surface area contributed by atoms with Gasteiger partial charge in [-0.05, 0) is 25.0 Å². The first-order valence-corrected chi connectivity index (χ1v) is 8.00. The Balaban J connectivity index is 0.00000220. The van der Waals surface area contributed by atoms with Crippen LogP contribution < -0.4 is 10.6 Å². The summed E-state index contributed by atoms with van der Waals surface area (Å²) in [6.07, 6.45) is 6.63. The molecule has 0 heterocycles. The number of benzene rings is 1. The summed E-state index contributed by atoms with van der Waals surface area (Å²) in [4.78, 5) is 5.60. The molecule has 1 atom stereocenters. The molecular formula is C16H24IN3S. The summed E-state index contributed by atoms with van der Waals surface area (Å²) < 4.78 is 0. The van der Waals surface area contributed by atoms with Gasteiger partial charge in [0.2, 0.25) is 0 Å². The molecule has 1 aromatic carbocycles. The molecule has 5 heteroatoms. The first kappa shape index (κ1) is 18.4. The van der Waals surface area contributed by atoms with E-state index >= 15 is 0 Å². The van der Waals surface area contributed by atoms with Crippen molar-refractivity contribution in [2.75, 3.05) is 13.6 Å². The van der Waals surface area contributed by atoms with Gasteiger partial charge in [-0.15, -0.1) is 35.7 Å². The highest BCUT2D eigenvalue weighted by Gasteiger charge is 2.12. The normalized spacial score (nSPS) is 16.4. The second-order valence-corrected chi connectivity index (χ2v) is 6.49. The molecule has 2 N–H and O–H groups in total. The molecule has 1 aliphatic rings. The lowest BCUT2D eigenvalue weighted by Crippen LogP contribution is -2.44. The third kappa shape index (κ3) is 6.74. The Morgan fingerprint density at radius 3 is 2.57 bits per heavy atom. The van der Waals surface area contributed by atoms with Gasteiger partial charge in [-0.1, -0.05) is 37.3 Å². The van der Waals surface area contributed by atoms with Crippen molar-refractivity contribution in [2.24, 2.45) is 4.99 Å². The number of aliphatic imine (C=N–C) groups is 1. The maximum absolute atomic E-state index is 4.29. The fraction of sp³-hybridized carbons (Fsp3) is 0.438. The Hall–Kier alpha value is -0.690. The predicted molar refractivity (Wildman–Crippen MR) is 104 cm³/mol. The number of nitrogens with zero attached hydrogens (tertiary/aromatic N) is 1. The Kier molecular flexibility index (Phi) is 8.84. The molecule has 0 aromatic heterocycles. The molecule has 0 saturated heterocycles. The highest BCUT2D eigenvalue weighted by atomic mass is 127. The third-order valence-electron chi connectivity index (χ3n) is 3.21. The van der Waals surface area contributed by atoms with Crippen LogP contribution in [0.2, 0.25) is 0 Å². The summed E-state index contributed by atoms with van der Waals surface area (Å²) in [5.41, 5.74) is 0. The van der Waals surface area contributed by atoms with Crippen LogP contribution in [0, 0.1) is 0 Å². The summed E-state index contributed by atoms with van der Waals surface area (Å²) >= 11 is 1.88. The van der Waals surface area contributed by atoms with E-state index in [1.54, 1.807) is 0 Å². The molecule has 0 bridgehead atoms. The monoisotopic (exact) mass is 417 g/mol. The van der Waals surface area contributed by atoms with Gasteiger partial charge in [0.1, 0.15) is 0 Å². The van der Waals surface area contributed by atoms with Gasteiger partial charge in [0, 0.05) is 29.8 Å². The molecule has 0 saturated carbocycles. The van der Waals surface area contributed by atoms with Gasteiger partial charge in [0.05, 0.1) is 0 Å². The van der Waals surface area contributed by atoms with Crippen LogP contribution in [0.15, 0.2) is 52.4 Å². The minimum Gasteiger partial charge on any atom is -0.355 e. The minimum absolute atomic E-state index is 0. The van der Waals surface area contributed by atoms with Crippen LogP contribution in [0.25, 0.3) is 0 Å². The van der Waals surface area contributed by atoms with Crippen molar-refractivity contribution in [1.82, 2.24) is 10.6 Å². The second-order valence-electron chi connectivity index (χ2n) is 4.98. The maximum atomic E-state index is 4.29. The maximum Gasteiger partial charge on any atom is 0.191 e. The standard InChI is InChI=1S/C16H23N3S.HI/c1-13(20-15-10-4-3-5-11-15)12-18-16(17-2)19-14-8-6-7-9-14;/h3-7,10-11,13-14H,8-9,12H2,1-2H3,(H2,17,18,19);1H. The number of halogens is 1. The van der Waals surface area contributed by atoms with Crippen molar-refractivity contribution < 1.29 is 0 Å². The summed E-state index contributed by atoms with van der Waals surface area (Å²) in [6, 6.07) is 11.0. The zero-order valence-corrected chi connectivity index (χ0v) is 15.7.